The van der Waals surface area contributed by atoms with E-state index in [0.717, 1.165) is 12.0 Å². The van der Waals surface area contributed by atoms with Crippen LogP contribution in [-0.2, 0) is 21.1 Å². The molecular weight excluding hydrogens is 252 g/mol. The maximum Gasteiger partial charge on any atom is 0.239 e. The van der Waals surface area contributed by atoms with Crippen molar-refractivity contribution in [3.8, 4) is 6.07 Å². The van der Waals surface area contributed by atoms with Crippen LogP contribution in [0.25, 0.3) is 0 Å². The van der Waals surface area contributed by atoms with Crippen molar-refractivity contribution in [1.29, 1.82) is 5.26 Å². The van der Waals surface area contributed by atoms with Crippen LogP contribution in [0, 0.1) is 11.3 Å². The van der Waals surface area contributed by atoms with Crippen molar-refractivity contribution in [2.75, 3.05) is 16.8 Å². The Hall–Kier alpha value is -1.87. The van der Waals surface area contributed by atoms with Gasteiger partial charge in [-0.15, -0.1) is 0 Å². The highest BCUT2D eigenvalue weighted by molar-refractivity contribution is 7.92. The molecule has 6 heteroatoms. The first kappa shape index (κ1) is 14.2. The summed E-state index contributed by atoms with van der Waals surface area (Å²) in [4.78, 5) is 11.5. The van der Waals surface area contributed by atoms with Gasteiger partial charge in [0.1, 0.15) is 11.5 Å². The smallest absolute Gasteiger partial charge is 0.239 e. The Bertz CT molecular complexity index is 556. The summed E-state index contributed by atoms with van der Waals surface area (Å²) in [6.07, 6.45) is 0.894. The highest BCUT2D eigenvalue weighted by Crippen LogP contribution is 2.10. The van der Waals surface area contributed by atoms with E-state index in [2.05, 4.69) is 5.32 Å². The van der Waals surface area contributed by atoms with E-state index < -0.39 is 27.3 Å². The molecule has 0 radical (unpaired) electrons. The summed E-state index contributed by atoms with van der Waals surface area (Å²) in [5.74, 6) is -1.94. The number of hydrogen-bond acceptors (Lipinski definition) is 4. The number of carbonyl (C=O) groups excluding carboxylic acids is 1. The lowest BCUT2D eigenvalue weighted by Gasteiger charge is -2.05. The fraction of sp³-hybridized carbons (Fsp3) is 0.333. The molecule has 18 heavy (non-hydrogen) atoms. The minimum Gasteiger partial charge on any atom is -0.325 e. The van der Waals surface area contributed by atoms with E-state index in [4.69, 9.17) is 5.26 Å². The Balaban J connectivity index is 2.62. The maximum atomic E-state index is 11.5. The van der Waals surface area contributed by atoms with Gasteiger partial charge in [-0.3, -0.25) is 4.79 Å². The van der Waals surface area contributed by atoms with Gasteiger partial charge in [-0.25, -0.2) is 8.42 Å². The number of benzene rings is 1. The van der Waals surface area contributed by atoms with E-state index in [9.17, 15) is 13.2 Å². The molecule has 0 heterocycles. The number of amides is 1. The molecule has 0 saturated heterocycles. The van der Waals surface area contributed by atoms with E-state index in [1.807, 2.05) is 19.1 Å². The van der Waals surface area contributed by atoms with E-state index in [0.29, 0.717) is 5.69 Å². The highest BCUT2D eigenvalue weighted by Gasteiger charge is 2.16. The molecule has 0 spiro atoms. The van der Waals surface area contributed by atoms with Crippen LogP contribution in [0.2, 0.25) is 0 Å². The second-order valence-electron chi connectivity index (χ2n) is 3.79. The van der Waals surface area contributed by atoms with Crippen molar-refractivity contribution >= 4 is 21.4 Å². The van der Waals surface area contributed by atoms with Gasteiger partial charge in [0.25, 0.3) is 0 Å². The minimum absolute atomic E-state index is 0.546. The van der Waals surface area contributed by atoms with Gasteiger partial charge in [-0.2, -0.15) is 5.26 Å². The topological polar surface area (TPSA) is 87.0 Å². The number of anilines is 1. The molecule has 96 valence electrons. The van der Waals surface area contributed by atoms with Gasteiger partial charge in [0.2, 0.25) is 5.91 Å². The standard InChI is InChI=1S/C12H14N2O3S/c1-2-10-3-5-11(6-4-10)14-12(15)9-18(16,17)8-7-13/h3-6H,2,8-9H2,1H3,(H,14,15). The lowest BCUT2D eigenvalue weighted by molar-refractivity contribution is -0.113. The van der Waals surface area contributed by atoms with Crippen LogP contribution in [0.1, 0.15) is 12.5 Å². The second kappa shape index (κ2) is 6.17. The van der Waals surface area contributed by atoms with Crippen molar-refractivity contribution in [1.82, 2.24) is 0 Å². The lowest BCUT2D eigenvalue weighted by Crippen LogP contribution is -2.24. The maximum absolute atomic E-state index is 11.5. The summed E-state index contributed by atoms with van der Waals surface area (Å²) in [6, 6.07) is 8.68. The van der Waals surface area contributed by atoms with Crippen molar-refractivity contribution < 1.29 is 13.2 Å². The third kappa shape index (κ3) is 4.55. The molecule has 0 atom stereocenters. The Morgan fingerprint density at radius 1 is 1.33 bits per heavy atom. The zero-order valence-electron chi connectivity index (χ0n) is 10.0. The van der Waals surface area contributed by atoms with Gasteiger partial charge in [0.05, 0.1) is 6.07 Å². The molecule has 1 rings (SSSR count). The fourth-order valence-corrected chi connectivity index (χ4v) is 2.14. The molecule has 1 N–H and O–H groups in total. The Morgan fingerprint density at radius 3 is 2.44 bits per heavy atom. The molecule has 0 aliphatic carbocycles. The van der Waals surface area contributed by atoms with Crippen LogP contribution < -0.4 is 5.32 Å². The van der Waals surface area contributed by atoms with Crippen molar-refractivity contribution in [2.45, 2.75) is 13.3 Å². The van der Waals surface area contributed by atoms with Crippen LogP contribution in [0.4, 0.5) is 5.69 Å². The molecule has 1 aromatic rings. The van der Waals surface area contributed by atoms with Gasteiger partial charge in [0, 0.05) is 5.69 Å². The van der Waals surface area contributed by atoms with Gasteiger partial charge in [-0.1, -0.05) is 19.1 Å². The molecule has 0 unspecified atom stereocenters. The minimum atomic E-state index is -3.64. The number of rotatable bonds is 5. The van der Waals surface area contributed by atoms with E-state index in [-0.39, 0.29) is 0 Å². The lowest BCUT2D eigenvalue weighted by atomic mass is 10.1. The average Bonchev–Trinajstić information content (AvgIpc) is 2.28. The Labute approximate surface area is 106 Å². The van der Waals surface area contributed by atoms with E-state index in [1.165, 1.54) is 6.07 Å². The van der Waals surface area contributed by atoms with Crippen LogP contribution >= 0.6 is 0 Å². The first-order chi connectivity index (χ1) is 8.46. The number of sulfone groups is 1. The summed E-state index contributed by atoms with van der Waals surface area (Å²) in [5.41, 5.74) is 1.68. The predicted octanol–water partition coefficient (Wildman–Crippen LogP) is 1.13. The summed E-state index contributed by atoms with van der Waals surface area (Å²) >= 11 is 0. The summed E-state index contributed by atoms with van der Waals surface area (Å²) in [6.45, 7) is 2.02. The van der Waals surface area contributed by atoms with Gasteiger partial charge in [0.15, 0.2) is 9.84 Å². The fourth-order valence-electron chi connectivity index (χ4n) is 1.37. The van der Waals surface area contributed by atoms with Crippen LogP contribution in [-0.4, -0.2) is 25.8 Å². The summed E-state index contributed by atoms with van der Waals surface area (Å²) in [7, 11) is -3.64. The zero-order valence-corrected chi connectivity index (χ0v) is 10.8. The zero-order chi connectivity index (χ0) is 13.6. The number of hydrogen-bond donors (Lipinski definition) is 1. The summed E-state index contributed by atoms with van der Waals surface area (Å²) in [5, 5.41) is 10.8. The van der Waals surface area contributed by atoms with Crippen LogP contribution in [0.3, 0.4) is 0 Å². The first-order valence-corrected chi connectivity index (χ1v) is 7.25. The van der Waals surface area contributed by atoms with Crippen LogP contribution in [0.5, 0.6) is 0 Å². The molecule has 0 aliphatic rings. The second-order valence-corrected chi connectivity index (χ2v) is 5.85. The van der Waals surface area contributed by atoms with E-state index >= 15 is 0 Å². The molecule has 0 saturated carbocycles. The molecule has 0 aromatic heterocycles. The number of nitriles is 1. The Kier molecular flexibility index (Phi) is 4.86. The molecule has 0 aliphatic heterocycles. The molecule has 1 amide bonds. The van der Waals surface area contributed by atoms with Crippen molar-refractivity contribution in [3.63, 3.8) is 0 Å². The van der Waals surface area contributed by atoms with Crippen LogP contribution in [0.15, 0.2) is 24.3 Å². The normalized spacial score (nSPS) is 10.7. The first-order valence-electron chi connectivity index (χ1n) is 5.43. The largest absolute Gasteiger partial charge is 0.325 e. The van der Waals surface area contributed by atoms with Gasteiger partial charge in [-0.05, 0) is 24.1 Å². The van der Waals surface area contributed by atoms with Crippen molar-refractivity contribution in [3.05, 3.63) is 29.8 Å². The van der Waals surface area contributed by atoms with Gasteiger partial charge >= 0.3 is 0 Å². The third-order valence-corrected chi connectivity index (χ3v) is 3.55. The monoisotopic (exact) mass is 266 g/mol. The third-order valence-electron chi connectivity index (χ3n) is 2.28. The van der Waals surface area contributed by atoms with Gasteiger partial charge < -0.3 is 5.32 Å². The molecule has 5 nitrogen and oxygen atoms in total. The summed E-state index contributed by atoms with van der Waals surface area (Å²) < 4.78 is 22.5. The van der Waals surface area contributed by atoms with Crippen molar-refractivity contribution in [2.24, 2.45) is 0 Å². The number of carbonyl (C=O) groups is 1. The molecular formula is C12H14N2O3S. The number of nitrogens with one attached hydrogen (secondary N) is 1. The average molecular weight is 266 g/mol. The number of aryl methyl sites for hydroxylation is 1. The number of nitrogens with zero attached hydrogens (tertiary/aromatic N) is 1. The van der Waals surface area contributed by atoms with E-state index in [1.54, 1.807) is 12.1 Å². The predicted molar refractivity (Wildman–Crippen MR) is 68.7 cm³/mol. The molecule has 1 aromatic carbocycles. The molecule has 0 fully saturated rings. The Morgan fingerprint density at radius 2 is 1.94 bits per heavy atom. The molecule has 0 bridgehead atoms. The SMILES string of the molecule is CCc1ccc(NC(=O)CS(=O)(=O)CC#N)cc1. The quantitative estimate of drug-likeness (QED) is 0.865. The highest BCUT2D eigenvalue weighted by atomic mass is 32.2.